The Kier molecular flexibility index (Phi) is 3.24. The number of hydrogen-bond donors (Lipinski definition) is 1. The Hall–Kier alpha value is -2.09. The molecule has 0 saturated carbocycles. The summed E-state index contributed by atoms with van der Waals surface area (Å²) >= 11 is 0. The molecule has 0 amide bonds. The minimum absolute atomic E-state index is 0.136. The van der Waals surface area contributed by atoms with Gasteiger partial charge in [0.1, 0.15) is 23.2 Å². The fraction of sp³-hybridized carbons (Fsp3) is 0.200. The minimum atomic E-state index is -0.872. The summed E-state index contributed by atoms with van der Waals surface area (Å²) in [6, 6.07) is 3.24. The number of carbonyl (C=O) groups is 1. The zero-order valence-corrected chi connectivity index (χ0v) is 7.95. The highest BCUT2D eigenvalue weighted by atomic mass is 19.1. The molecule has 1 aromatic carbocycles. The van der Waals surface area contributed by atoms with E-state index in [0.29, 0.717) is 6.07 Å². The second kappa shape index (κ2) is 4.42. The van der Waals surface area contributed by atoms with E-state index in [1.54, 1.807) is 13.0 Å². The molecule has 0 radical (unpaired) electrons. The average Bonchev–Trinajstić information content (AvgIpc) is 2.18. The van der Waals surface area contributed by atoms with E-state index in [1.165, 1.54) is 0 Å². The molecule has 0 aliphatic rings. The molecule has 4 nitrogen and oxygen atoms in total. The van der Waals surface area contributed by atoms with Crippen LogP contribution < -0.4 is 0 Å². The van der Waals surface area contributed by atoms with Crippen molar-refractivity contribution in [3.05, 3.63) is 29.1 Å². The van der Waals surface area contributed by atoms with Crippen LogP contribution in [0.1, 0.15) is 22.8 Å². The van der Waals surface area contributed by atoms with Gasteiger partial charge in [-0.2, -0.15) is 5.26 Å². The predicted octanol–water partition coefficient (Wildman–Crippen LogP) is 1.58. The average molecular weight is 209 g/mol. The van der Waals surface area contributed by atoms with Crippen molar-refractivity contribution in [1.82, 2.24) is 0 Å². The number of hydrogen-bond acceptors (Lipinski definition) is 4. The number of ether oxygens (including phenoxy) is 1. The molecule has 0 fully saturated rings. The van der Waals surface area contributed by atoms with Gasteiger partial charge in [0, 0.05) is 6.07 Å². The molecule has 0 bridgehead atoms. The summed E-state index contributed by atoms with van der Waals surface area (Å²) in [4.78, 5) is 11.2. The maximum absolute atomic E-state index is 12.9. The van der Waals surface area contributed by atoms with E-state index >= 15 is 0 Å². The number of phenolic OH excluding ortho intramolecular Hbond substituents is 1. The summed E-state index contributed by atoms with van der Waals surface area (Å²) in [7, 11) is 0. The molecule has 5 heteroatoms. The third kappa shape index (κ3) is 2.23. The lowest BCUT2D eigenvalue weighted by Gasteiger charge is -2.04. The van der Waals surface area contributed by atoms with Gasteiger partial charge in [-0.3, -0.25) is 0 Å². The fourth-order valence-corrected chi connectivity index (χ4v) is 1.02. The smallest absolute Gasteiger partial charge is 0.341 e. The van der Waals surface area contributed by atoms with Crippen LogP contribution in [-0.2, 0) is 4.74 Å². The lowest BCUT2D eigenvalue weighted by molar-refractivity contribution is 0.0523. The summed E-state index contributed by atoms with van der Waals surface area (Å²) < 4.78 is 17.6. The third-order valence-electron chi connectivity index (χ3n) is 1.70. The van der Waals surface area contributed by atoms with E-state index in [4.69, 9.17) is 5.26 Å². The first kappa shape index (κ1) is 11.0. The lowest BCUT2D eigenvalue weighted by atomic mass is 10.1. The van der Waals surface area contributed by atoms with Crippen LogP contribution in [0.5, 0.6) is 5.75 Å². The molecule has 0 aliphatic carbocycles. The molecule has 15 heavy (non-hydrogen) atoms. The Morgan fingerprint density at radius 1 is 1.67 bits per heavy atom. The fourth-order valence-electron chi connectivity index (χ4n) is 1.02. The Morgan fingerprint density at radius 2 is 2.33 bits per heavy atom. The molecule has 0 saturated heterocycles. The second-order valence-corrected chi connectivity index (χ2v) is 2.68. The zero-order valence-electron chi connectivity index (χ0n) is 7.95. The van der Waals surface area contributed by atoms with Crippen LogP contribution in [0.25, 0.3) is 0 Å². The molecule has 0 aromatic heterocycles. The standard InChI is InChI=1S/C10H8FNO3/c1-2-15-10(14)7-3-6(5-12)8(11)4-9(7)13/h3-4,13H,2H2,1H3. The van der Waals surface area contributed by atoms with Gasteiger partial charge < -0.3 is 9.84 Å². The highest BCUT2D eigenvalue weighted by Gasteiger charge is 2.16. The number of carbonyl (C=O) groups excluding carboxylic acids is 1. The first-order chi connectivity index (χ1) is 7.10. The van der Waals surface area contributed by atoms with E-state index in [0.717, 1.165) is 6.07 Å². The molecule has 0 spiro atoms. The van der Waals surface area contributed by atoms with Crippen molar-refractivity contribution in [2.45, 2.75) is 6.92 Å². The van der Waals surface area contributed by atoms with Gasteiger partial charge in [-0.1, -0.05) is 0 Å². The topological polar surface area (TPSA) is 70.3 Å². The van der Waals surface area contributed by atoms with Crippen LogP contribution >= 0.6 is 0 Å². The number of rotatable bonds is 2. The SMILES string of the molecule is CCOC(=O)c1cc(C#N)c(F)cc1O. The van der Waals surface area contributed by atoms with Crippen LogP contribution in [0.3, 0.4) is 0 Å². The van der Waals surface area contributed by atoms with Crippen LogP contribution in [-0.4, -0.2) is 17.7 Å². The summed E-state index contributed by atoms with van der Waals surface area (Å²) in [6.07, 6.45) is 0. The van der Waals surface area contributed by atoms with E-state index in [2.05, 4.69) is 4.74 Å². The van der Waals surface area contributed by atoms with Gasteiger partial charge in [0.05, 0.1) is 12.2 Å². The summed E-state index contributed by atoms with van der Waals surface area (Å²) in [5.74, 6) is -2.19. The number of nitrogens with zero attached hydrogens (tertiary/aromatic N) is 1. The van der Waals surface area contributed by atoms with Gasteiger partial charge in [-0.25, -0.2) is 9.18 Å². The molecule has 0 aliphatic heterocycles. The number of aromatic hydroxyl groups is 1. The van der Waals surface area contributed by atoms with Crippen LogP contribution in [0.15, 0.2) is 12.1 Å². The van der Waals surface area contributed by atoms with Crippen LogP contribution in [0.4, 0.5) is 4.39 Å². The Labute approximate surface area is 85.5 Å². The van der Waals surface area contributed by atoms with Gasteiger partial charge in [0.25, 0.3) is 0 Å². The number of nitriles is 1. The van der Waals surface area contributed by atoms with Gasteiger partial charge >= 0.3 is 5.97 Å². The van der Waals surface area contributed by atoms with Crippen molar-refractivity contribution in [3.8, 4) is 11.8 Å². The monoisotopic (exact) mass is 209 g/mol. The first-order valence-electron chi connectivity index (χ1n) is 4.19. The normalized spacial score (nSPS) is 9.40. The quantitative estimate of drug-likeness (QED) is 0.750. The maximum atomic E-state index is 12.9. The lowest BCUT2D eigenvalue weighted by Crippen LogP contribution is -2.06. The van der Waals surface area contributed by atoms with Crippen molar-refractivity contribution in [2.75, 3.05) is 6.61 Å². The van der Waals surface area contributed by atoms with E-state index in [1.807, 2.05) is 0 Å². The molecular formula is C10H8FNO3. The highest BCUT2D eigenvalue weighted by Crippen LogP contribution is 2.22. The highest BCUT2D eigenvalue weighted by molar-refractivity contribution is 5.92. The van der Waals surface area contributed by atoms with E-state index in [-0.39, 0.29) is 17.7 Å². The summed E-state index contributed by atoms with van der Waals surface area (Å²) in [6.45, 7) is 1.74. The number of benzene rings is 1. The molecular weight excluding hydrogens is 201 g/mol. The van der Waals surface area contributed by atoms with Crippen molar-refractivity contribution < 1.29 is 19.0 Å². The maximum Gasteiger partial charge on any atom is 0.341 e. The molecule has 1 aromatic rings. The molecule has 0 atom stereocenters. The third-order valence-corrected chi connectivity index (χ3v) is 1.70. The van der Waals surface area contributed by atoms with Gasteiger partial charge in [0.15, 0.2) is 0 Å². The van der Waals surface area contributed by atoms with Crippen LogP contribution in [0.2, 0.25) is 0 Å². The number of esters is 1. The van der Waals surface area contributed by atoms with Crippen molar-refractivity contribution in [3.63, 3.8) is 0 Å². The molecule has 1 N–H and O–H groups in total. The Morgan fingerprint density at radius 3 is 2.87 bits per heavy atom. The second-order valence-electron chi connectivity index (χ2n) is 2.68. The van der Waals surface area contributed by atoms with Crippen molar-refractivity contribution >= 4 is 5.97 Å². The number of phenols is 1. The van der Waals surface area contributed by atoms with E-state index < -0.39 is 17.5 Å². The Balaban J connectivity index is 3.20. The summed E-state index contributed by atoms with van der Waals surface area (Å²) in [5.41, 5.74) is -0.523. The van der Waals surface area contributed by atoms with Gasteiger partial charge in [0.2, 0.25) is 0 Å². The molecule has 1 rings (SSSR count). The molecule has 78 valence electrons. The summed E-state index contributed by atoms with van der Waals surface area (Å²) in [5, 5.41) is 17.8. The van der Waals surface area contributed by atoms with Crippen LogP contribution in [0, 0.1) is 17.1 Å². The first-order valence-corrected chi connectivity index (χ1v) is 4.19. The molecule has 0 heterocycles. The zero-order chi connectivity index (χ0) is 11.4. The predicted molar refractivity (Wildman–Crippen MR) is 48.7 cm³/mol. The van der Waals surface area contributed by atoms with E-state index in [9.17, 15) is 14.3 Å². The largest absolute Gasteiger partial charge is 0.507 e. The molecule has 0 unspecified atom stereocenters. The van der Waals surface area contributed by atoms with Crippen molar-refractivity contribution in [1.29, 1.82) is 5.26 Å². The number of halogens is 1. The van der Waals surface area contributed by atoms with Gasteiger partial charge in [-0.05, 0) is 13.0 Å². The van der Waals surface area contributed by atoms with Crippen molar-refractivity contribution in [2.24, 2.45) is 0 Å². The minimum Gasteiger partial charge on any atom is -0.507 e. The Bertz CT molecular complexity index is 437. The van der Waals surface area contributed by atoms with Gasteiger partial charge in [-0.15, -0.1) is 0 Å².